The Balaban J connectivity index is 1.76. The molecule has 2 aromatic rings. The van der Waals surface area contributed by atoms with Crippen molar-refractivity contribution in [3.05, 3.63) is 42.6 Å². The second-order valence-corrected chi connectivity index (χ2v) is 7.16. The maximum Gasteiger partial charge on any atom is 0.314 e. The molecule has 1 aromatic carbocycles. The van der Waals surface area contributed by atoms with Crippen LogP contribution in [-0.2, 0) is 9.53 Å². The van der Waals surface area contributed by atoms with Crippen LogP contribution in [0.5, 0.6) is 11.5 Å². The van der Waals surface area contributed by atoms with Crippen molar-refractivity contribution in [3.8, 4) is 22.8 Å². The van der Waals surface area contributed by atoms with Gasteiger partial charge < -0.3 is 14.2 Å². The highest BCUT2D eigenvalue weighted by molar-refractivity contribution is 5.75. The lowest BCUT2D eigenvalue weighted by atomic mass is 10.1. The number of pyridine rings is 1. The van der Waals surface area contributed by atoms with Gasteiger partial charge in [-0.05, 0) is 49.2 Å². The summed E-state index contributed by atoms with van der Waals surface area (Å²) in [6.07, 6.45) is 6.93. The number of rotatable bonds is 13. The monoisotopic (exact) mass is 399 g/mol. The van der Waals surface area contributed by atoms with Crippen molar-refractivity contribution in [1.82, 2.24) is 4.98 Å². The van der Waals surface area contributed by atoms with E-state index in [1.807, 2.05) is 38.1 Å². The molecule has 29 heavy (non-hydrogen) atoms. The number of carbonyl (C=O) groups is 1. The van der Waals surface area contributed by atoms with Gasteiger partial charge in [-0.1, -0.05) is 33.6 Å². The summed E-state index contributed by atoms with van der Waals surface area (Å²) < 4.78 is 16.7. The quantitative estimate of drug-likeness (QED) is 0.246. The third-order valence-corrected chi connectivity index (χ3v) is 4.71. The molecule has 0 N–H and O–H groups in total. The van der Waals surface area contributed by atoms with Crippen molar-refractivity contribution in [2.24, 2.45) is 5.92 Å². The Hall–Kier alpha value is -2.40. The van der Waals surface area contributed by atoms with Gasteiger partial charge in [-0.25, -0.2) is 0 Å². The average Bonchev–Trinajstić information content (AvgIpc) is 2.76. The zero-order valence-electron chi connectivity index (χ0n) is 17.9. The third kappa shape index (κ3) is 8.24. The van der Waals surface area contributed by atoms with E-state index in [2.05, 4.69) is 11.9 Å². The number of carbonyl (C=O) groups excluding carboxylic acids is 1. The van der Waals surface area contributed by atoms with Gasteiger partial charge in [0.25, 0.3) is 0 Å². The van der Waals surface area contributed by atoms with Crippen LogP contribution in [0, 0.1) is 5.92 Å². The van der Waals surface area contributed by atoms with Crippen LogP contribution in [0.3, 0.4) is 0 Å². The molecule has 1 unspecified atom stereocenters. The number of ether oxygens (including phenoxy) is 3. The molecule has 0 aliphatic heterocycles. The Morgan fingerprint density at radius 2 is 1.66 bits per heavy atom. The van der Waals surface area contributed by atoms with E-state index in [0.717, 1.165) is 49.5 Å². The lowest BCUT2D eigenvalue weighted by Crippen LogP contribution is -2.16. The van der Waals surface area contributed by atoms with Gasteiger partial charge in [-0.3, -0.25) is 9.78 Å². The van der Waals surface area contributed by atoms with Crippen molar-refractivity contribution >= 4 is 5.97 Å². The van der Waals surface area contributed by atoms with Gasteiger partial charge in [0.2, 0.25) is 0 Å². The van der Waals surface area contributed by atoms with Crippen LogP contribution in [0.4, 0.5) is 0 Å². The first-order valence-electron chi connectivity index (χ1n) is 10.6. The first-order chi connectivity index (χ1) is 14.1. The molecular formula is C24H33NO4. The van der Waals surface area contributed by atoms with Gasteiger partial charge in [0, 0.05) is 25.2 Å². The van der Waals surface area contributed by atoms with Crippen LogP contribution in [0.15, 0.2) is 42.6 Å². The molecule has 0 spiro atoms. The molecule has 0 bridgehead atoms. The molecule has 5 heteroatoms. The Morgan fingerprint density at radius 3 is 2.31 bits per heavy atom. The summed E-state index contributed by atoms with van der Waals surface area (Å²) in [4.78, 5) is 16.3. The second-order valence-electron chi connectivity index (χ2n) is 7.16. The summed E-state index contributed by atoms with van der Waals surface area (Å²) in [6.45, 7) is 8.20. The fourth-order valence-corrected chi connectivity index (χ4v) is 2.62. The first-order valence-corrected chi connectivity index (χ1v) is 10.6. The molecule has 0 aliphatic carbocycles. The zero-order chi connectivity index (χ0) is 20.9. The number of aromatic nitrogens is 1. The Bertz CT molecular complexity index is 713. The zero-order valence-corrected chi connectivity index (χ0v) is 17.9. The van der Waals surface area contributed by atoms with Gasteiger partial charge >= 0.3 is 5.97 Å². The van der Waals surface area contributed by atoms with Crippen molar-refractivity contribution in [1.29, 1.82) is 0 Å². The topological polar surface area (TPSA) is 57.7 Å². The highest BCUT2D eigenvalue weighted by Gasteiger charge is 2.13. The van der Waals surface area contributed by atoms with Crippen LogP contribution in [-0.4, -0.2) is 30.8 Å². The molecule has 5 nitrogen and oxygen atoms in total. The van der Waals surface area contributed by atoms with E-state index in [-0.39, 0.29) is 11.9 Å². The minimum atomic E-state index is -0.203. The van der Waals surface area contributed by atoms with Gasteiger partial charge in [0.1, 0.15) is 11.5 Å². The molecule has 0 fully saturated rings. The van der Waals surface area contributed by atoms with E-state index in [0.29, 0.717) is 12.4 Å². The number of benzene rings is 1. The second kappa shape index (κ2) is 12.9. The molecule has 1 aromatic heterocycles. The molecule has 0 amide bonds. The maximum atomic E-state index is 11.9. The van der Waals surface area contributed by atoms with E-state index < -0.39 is 0 Å². The lowest BCUT2D eigenvalue weighted by Gasteiger charge is -2.10. The standard InChI is InChI=1S/C24H33NO4/c1-4-6-7-15-27-16-8-17-28-22-13-14-23(25-18-22)20-9-11-21(12-10-20)29-24(26)19(3)5-2/h9-14,18-19H,4-8,15-17H2,1-3H3. The SMILES string of the molecule is CCCCCOCCCOc1ccc(-c2ccc(OC(=O)C(C)CC)cc2)nc1. The predicted octanol–water partition coefficient (Wildman–Crippen LogP) is 5.68. The van der Waals surface area contributed by atoms with E-state index in [1.54, 1.807) is 18.3 Å². The lowest BCUT2D eigenvalue weighted by molar-refractivity contribution is -0.138. The van der Waals surface area contributed by atoms with E-state index >= 15 is 0 Å². The fraction of sp³-hybridized carbons (Fsp3) is 0.500. The minimum absolute atomic E-state index is 0.100. The van der Waals surface area contributed by atoms with Gasteiger partial charge in [0.05, 0.1) is 24.4 Å². The van der Waals surface area contributed by atoms with Gasteiger partial charge in [0.15, 0.2) is 0 Å². The normalized spacial score (nSPS) is 11.8. The van der Waals surface area contributed by atoms with Gasteiger partial charge in [-0.15, -0.1) is 0 Å². The summed E-state index contributed by atoms with van der Waals surface area (Å²) in [5.41, 5.74) is 1.80. The Kier molecular flexibility index (Phi) is 10.2. The smallest absolute Gasteiger partial charge is 0.314 e. The van der Waals surface area contributed by atoms with Crippen molar-refractivity contribution in [2.45, 2.75) is 52.9 Å². The molecule has 0 aliphatic rings. The number of nitrogens with zero attached hydrogens (tertiary/aromatic N) is 1. The Labute approximate surface area is 174 Å². The highest BCUT2D eigenvalue weighted by Crippen LogP contribution is 2.23. The molecule has 0 radical (unpaired) electrons. The number of hydrogen-bond donors (Lipinski definition) is 0. The van der Waals surface area contributed by atoms with E-state index in [4.69, 9.17) is 14.2 Å². The third-order valence-electron chi connectivity index (χ3n) is 4.71. The van der Waals surface area contributed by atoms with Crippen LogP contribution in [0.1, 0.15) is 52.9 Å². The number of hydrogen-bond acceptors (Lipinski definition) is 5. The average molecular weight is 400 g/mol. The van der Waals surface area contributed by atoms with Crippen LogP contribution in [0.2, 0.25) is 0 Å². The van der Waals surface area contributed by atoms with Crippen LogP contribution >= 0.6 is 0 Å². The van der Waals surface area contributed by atoms with E-state index in [1.165, 1.54) is 12.8 Å². The number of unbranched alkanes of at least 4 members (excludes halogenated alkanes) is 2. The maximum absolute atomic E-state index is 11.9. The van der Waals surface area contributed by atoms with Crippen molar-refractivity contribution < 1.29 is 19.0 Å². The summed E-state index contributed by atoms with van der Waals surface area (Å²) >= 11 is 0. The van der Waals surface area contributed by atoms with Crippen LogP contribution in [0.25, 0.3) is 11.3 Å². The van der Waals surface area contributed by atoms with Crippen LogP contribution < -0.4 is 9.47 Å². The molecule has 0 saturated carbocycles. The van der Waals surface area contributed by atoms with E-state index in [9.17, 15) is 4.79 Å². The Morgan fingerprint density at radius 1 is 0.931 bits per heavy atom. The number of esters is 1. The summed E-state index contributed by atoms with van der Waals surface area (Å²) in [5.74, 6) is 0.998. The first kappa shape index (κ1) is 22.9. The molecule has 0 saturated heterocycles. The molecule has 2 rings (SSSR count). The molecule has 1 heterocycles. The van der Waals surface area contributed by atoms with Gasteiger partial charge in [-0.2, -0.15) is 0 Å². The highest BCUT2D eigenvalue weighted by atomic mass is 16.5. The minimum Gasteiger partial charge on any atom is -0.492 e. The molecule has 158 valence electrons. The predicted molar refractivity (Wildman–Crippen MR) is 115 cm³/mol. The largest absolute Gasteiger partial charge is 0.492 e. The molecular weight excluding hydrogens is 366 g/mol. The summed E-state index contributed by atoms with van der Waals surface area (Å²) in [5, 5.41) is 0. The fourth-order valence-electron chi connectivity index (χ4n) is 2.62. The van der Waals surface area contributed by atoms with Crippen molar-refractivity contribution in [3.63, 3.8) is 0 Å². The molecule has 1 atom stereocenters. The summed E-state index contributed by atoms with van der Waals surface area (Å²) in [7, 11) is 0. The van der Waals surface area contributed by atoms with Crippen molar-refractivity contribution in [2.75, 3.05) is 19.8 Å². The summed E-state index contributed by atoms with van der Waals surface area (Å²) in [6, 6.07) is 11.2.